The number of hydrogen-bond donors (Lipinski definition) is 0. The van der Waals surface area contributed by atoms with Gasteiger partial charge >= 0.3 is 5.97 Å². The molecule has 0 bridgehead atoms. The van der Waals surface area contributed by atoms with Crippen molar-refractivity contribution in [2.75, 3.05) is 6.61 Å². The van der Waals surface area contributed by atoms with E-state index in [9.17, 15) is 9.59 Å². The van der Waals surface area contributed by atoms with Crippen LogP contribution in [-0.4, -0.2) is 23.3 Å². The molecule has 1 atom stereocenters. The van der Waals surface area contributed by atoms with Gasteiger partial charge < -0.3 is 4.74 Å². The Morgan fingerprint density at radius 3 is 2.81 bits per heavy atom. The summed E-state index contributed by atoms with van der Waals surface area (Å²) in [5, 5.41) is 10.9. The number of aromatic nitrogens is 1. The summed E-state index contributed by atoms with van der Waals surface area (Å²) in [4.78, 5) is 26.7. The zero-order valence-electron chi connectivity index (χ0n) is 8.89. The van der Waals surface area contributed by atoms with Gasteiger partial charge in [-0.15, -0.1) is 11.3 Å². The summed E-state index contributed by atoms with van der Waals surface area (Å²) >= 11 is 1.18. The lowest BCUT2D eigenvalue weighted by Crippen LogP contribution is -2.23. The van der Waals surface area contributed by atoms with Gasteiger partial charge in [-0.25, -0.2) is 9.78 Å². The Morgan fingerprint density at radius 2 is 2.38 bits per heavy atom. The number of carbonyl (C=O) groups excluding carboxylic acids is 2. The van der Waals surface area contributed by atoms with Gasteiger partial charge in [-0.2, -0.15) is 5.26 Å². The monoisotopic (exact) mass is 238 g/mol. The van der Waals surface area contributed by atoms with Crippen molar-refractivity contribution in [1.29, 1.82) is 5.26 Å². The highest BCUT2D eigenvalue weighted by atomic mass is 32.1. The van der Waals surface area contributed by atoms with E-state index in [4.69, 9.17) is 5.26 Å². The predicted molar refractivity (Wildman–Crippen MR) is 56.8 cm³/mol. The number of nitriles is 1. The highest BCUT2D eigenvalue weighted by Gasteiger charge is 2.30. The first kappa shape index (κ1) is 12.3. The lowest BCUT2D eigenvalue weighted by atomic mass is 10.1. The van der Waals surface area contributed by atoms with Crippen LogP contribution in [0.1, 0.15) is 23.5 Å². The van der Waals surface area contributed by atoms with Crippen LogP contribution in [0.3, 0.4) is 0 Å². The molecule has 1 heterocycles. The minimum atomic E-state index is -1.15. The van der Waals surface area contributed by atoms with E-state index in [2.05, 4.69) is 9.72 Å². The number of ketones is 1. The second kappa shape index (κ2) is 5.37. The third-order valence-corrected chi connectivity index (χ3v) is 2.78. The van der Waals surface area contributed by atoms with Gasteiger partial charge in [0.05, 0.1) is 12.7 Å². The van der Waals surface area contributed by atoms with Crippen LogP contribution in [0.2, 0.25) is 0 Å². The Hall–Kier alpha value is -1.74. The average molecular weight is 238 g/mol. The number of hydrogen-bond acceptors (Lipinski definition) is 6. The molecule has 84 valence electrons. The predicted octanol–water partition coefficient (Wildman–Crippen LogP) is 1.19. The van der Waals surface area contributed by atoms with Crippen LogP contribution in [0.5, 0.6) is 0 Å². The highest BCUT2D eigenvalue weighted by molar-refractivity contribution is 7.10. The minimum Gasteiger partial charge on any atom is -0.460 e. The topological polar surface area (TPSA) is 80.0 Å². The summed E-state index contributed by atoms with van der Waals surface area (Å²) in [5.74, 6) is -3.00. The number of thiazole rings is 1. The maximum absolute atomic E-state index is 11.5. The summed E-state index contributed by atoms with van der Waals surface area (Å²) in [6, 6.07) is 1.77. The molecule has 0 radical (unpaired) electrons. The van der Waals surface area contributed by atoms with E-state index < -0.39 is 17.7 Å². The maximum atomic E-state index is 11.5. The Labute approximate surface area is 96.7 Å². The normalized spacial score (nSPS) is 11.6. The number of esters is 1. The van der Waals surface area contributed by atoms with Crippen molar-refractivity contribution in [3.63, 3.8) is 0 Å². The van der Waals surface area contributed by atoms with Gasteiger partial charge in [-0.05, 0) is 13.8 Å². The number of Topliss-reactive ketones (excluding diaryl/α,β-unsaturated/α-hetero) is 1. The van der Waals surface area contributed by atoms with Crippen LogP contribution >= 0.6 is 11.3 Å². The molecule has 0 aromatic carbocycles. The van der Waals surface area contributed by atoms with Crippen LogP contribution in [0.15, 0.2) is 5.38 Å². The molecule has 0 fully saturated rings. The summed E-state index contributed by atoms with van der Waals surface area (Å²) < 4.78 is 4.55. The maximum Gasteiger partial charge on any atom is 0.376 e. The fraction of sp³-hybridized carbons (Fsp3) is 0.400. The third-order valence-electron chi connectivity index (χ3n) is 1.75. The van der Waals surface area contributed by atoms with Gasteiger partial charge in [0.25, 0.3) is 5.78 Å². The zero-order chi connectivity index (χ0) is 12.1. The Balaban J connectivity index is 2.88. The summed E-state index contributed by atoms with van der Waals surface area (Å²) in [6.07, 6.45) is 0. The molecule has 0 unspecified atom stereocenters. The Morgan fingerprint density at radius 1 is 1.69 bits per heavy atom. The molecule has 0 amide bonds. The van der Waals surface area contributed by atoms with Crippen molar-refractivity contribution in [3.05, 3.63) is 16.1 Å². The summed E-state index contributed by atoms with van der Waals surface area (Å²) in [6.45, 7) is 3.46. The lowest BCUT2D eigenvalue weighted by Gasteiger charge is -2.03. The first-order valence-electron chi connectivity index (χ1n) is 4.62. The van der Waals surface area contributed by atoms with Crippen LogP contribution in [0.4, 0.5) is 0 Å². The molecule has 1 aromatic heterocycles. The standard InChI is InChI=1S/C10H10N2O3S/c1-3-15-10(14)8(13)7(4-11)9-12-6(2)5-16-9/h5,7H,3H2,1-2H3/t7-/m0/s1. The van der Waals surface area contributed by atoms with Crippen molar-refractivity contribution in [2.45, 2.75) is 19.8 Å². The second-order valence-corrected chi connectivity index (χ2v) is 3.86. The third kappa shape index (κ3) is 2.64. The molecule has 1 rings (SSSR count). The van der Waals surface area contributed by atoms with E-state index in [1.54, 1.807) is 25.3 Å². The van der Waals surface area contributed by atoms with E-state index in [1.807, 2.05) is 0 Å². The molecule has 5 nitrogen and oxygen atoms in total. The summed E-state index contributed by atoms with van der Waals surface area (Å²) in [7, 11) is 0. The number of ether oxygens (including phenoxy) is 1. The van der Waals surface area contributed by atoms with Gasteiger partial charge in [0.1, 0.15) is 5.01 Å². The van der Waals surface area contributed by atoms with E-state index >= 15 is 0 Å². The van der Waals surface area contributed by atoms with Gasteiger partial charge in [-0.3, -0.25) is 4.79 Å². The molecule has 6 heteroatoms. The fourth-order valence-corrected chi connectivity index (χ4v) is 1.89. The second-order valence-electron chi connectivity index (χ2n) is 2.97. The van der Waals surface area contributed by atoms with Crippen LogP contribution in [0.25, 0.3) is 0 Å². The molecule has 0 saturated heterocycles. The molecule has 0 N–H and O–H groups in total. The molecule has 0 saturated carbocycles. The van der Waals surface area contributed by atoms with E-state index in [-0.39, 0.29) is 6.61 Å². The van der Waals surface area contributed by atoms with Crippen LogP contribution in [0, 0.1) is 18.3 Å². The molecule has 0 aliphatic rings. The molecule has 0 aliphatic carbocycles. The minimum absolute atomic E-state index is 0.111. The first-order chi connectivity index (χ1) is 7.60. The molecule has 0 spiro atoms. The van der Waals surface area contributed by atoms with Gasteiger partial charge in [0.2, 0.25) is 0 Å². The largest absolute Gasteiger partial charge is 0.460 e. The molecule has 16 heavy (non-hydrogen) atoms. The fourth-order valence-electron chi connectivity index (χ4n) is 1.05. The number of nitrogens with zero attached hydrogens (tertiary/aromatic N) is 2. The van der Waals surface area contributed by atoms with E-state index in [1.165, 1.54) is 11.3 Å². The Kier molecular flexibility index (Phi) is 4.14. The zero-order valence-corrected chi connectivity index (χ0v) is 9.71. The molecule has 1 aromatic rings. The summed E-state index contributed by atoms with van der Waals surface area (Å²) in [5.41, 5.74) is 0.719. The number of aryl methyl sites for hydroxylation is 1. The quantitative estimate of drug-likeness (QED) is 0.581. The Bertz CT molecular complexity index is 447. The van der Waals surface area contributed by atoms with Crippen molar-refractivity contribution in [1.82, 2.24) is 4.98 Å². The van der Waals surface area contributed by atoms with Gasteiger partial charge in [0.15, 0.2) is 5.92 Å². The van der Waals surface area contributed by atoms with Gasteiger partial charge in [0, 0.05) is 11.1 Å². The lowest BCUT2D eigenvalue weighted by molar-refractivity contribution is -0.153. The SMILES string of the molecule is CCOC(=O)C(=O)[C@H](C#N)c1nc(C)cs1. The number of carbonyl (C=O) groups is 2. The molecular formula is C10H10N2O3S. The first-order valence-corrected chi connectivity index (χ1v) is 5.50. The van der Waals surface area contributed by atoms with Crippen LogP contribution in [-0.2, 0) is 14.3 Å². The molecular weight excluding hydrogens is 228 g/mol. The number of rotatable bonds is 4. The van der Waals surface area contributed by atoms with Crippen molar-refractivity contribution in [2.24, 2.45) is 0 Å². The van der Waals surface area contributed by atoms with Crippen molar-refractivity contribution < 1.29 is 14.3 Å². The van der Waals surface area contributed by atoms with Crippen molar-refractivity contribution in [3.8, 4) is 6.07 Å². The van der Waals surface area contributed by atoms with E-state index in [0.717, 1.165) is 5.69 Å². The van der Waals surface area contributed by atoms with Crippen molar-refractivity contribution >= 4 is 23.1 Å². The van der Waals surface area contributed by atoms with E-state index in [0.29, 0.717) is 5.01 Å². The van der Waals surface area contributed by atoms with Crippen LogP contribution < -0.4 is 0 Å². The molecule has 0 aliphatic heterocycles. The smallest absolute Gasteiger partial charge is 0.376 e. The average Bonchev–Trinajstić information content (AvgIpc) is 2.66. The van der Waals surface area contributed by atoms with Gasteiger partial charge in [-0.1, -0.05) is 0 Å². The highest BCUT2D eigenvalue weighted by Crippen LogP contribution is 2.20.